The fraction of sp³-hybridized carbons (Fsp3) is 0.588. The summed E-state index contributed by atoms with van der Waals surface area (Å²) in [6.45, 7) is 3.82. The quantitative estimate of drug-likeness (QED) is 0.694. The molecule has 1 heterocycles. The maximum Gasteiger partial charge on any atom is 0.123 e. The first-order valence-corrected chi connectivity index (χ1v) is 8.01. The number of imidazole rings is 1. The highest BCUT2D eigenvalue weighted by atomic mass is 15.1. The number of rotatable bonds is 9. The predicted octanol–water partition coefficient (Wildman–Crippen LogP) is 4.25. The van der Waals surface area contributed by atoms with E-state index in [2.05, 4.69) is 34.7 Å². The minimum atomic E-state index is 0.519. The lowest BCUT2D eigenvalue weighted by Crippen LogP contribution is -2.08. The van der Waals surface area contributed by atoms with Crippen molar-refractivity contribution in [3.63, 3.8) is 0 Å². The second kappa shape index (κ2) is 8.05. The molecule has 0 aliphatic rings. The minimum Gasteiger partial charge on any atom is -0.327 e. The average molecular weight is 273 g/mol. The van der Waals surface area contributed by atoms with Gasteiger partial charge >= 0.3 is 0 Å². The normalized spacial score (nSPS) is 11.3. The molecular weight excluding hydrogens is 246 g/mol. The molecule has 0 spiro atoms. The number of unbranched alkanes of at least 4 members (excludes halogenated alkanes) is 6. The molecule has 3 nitrogen and oxygen atoms in total. The molecule has 0 saturated heterocycles. The Bertz CT molecular complexity index is 516. The van der Waals surface area contributed by atoms with Crippen LogP contribution in [-0.2, 0) is 13.1 Å². The third-order valence-corrected chi connectivity index (χ3v) is 3.90. The van der Waals surface area contributed by atoms with E-state index in [4.69, 9.17) is 5.73 Å². The number of nitrogens with zero attached hydrogens (tertiary/aromatic N) is 2. The number of aromatic nitrogens is 2. The lowest BCUT2D eigenvalue weighted by Gasteiger charge is -2.08. The zero-order chi connectivity index (χ0) is 14.2. The van der Waals surface area contributed by atoms with Gasteiger partial charge in [0.25, 0.3) is 0 Å². The first kappa shape index (κ1) is 15.0. The van der Waals surface area contributed by atoms with E-state index in [0.717, 1.165) is 17.9 Å². The molecule has 3 heteroatoms. The largest absolute Gasteiger partial charge is 0.327 e. The van der Waals surface area contributed by atoms with Crippen LogP contribution in [0.3, 0.4) is 0 Å². The van der Waals surface area contributed by atoms with Crippen molar-refractivity contribution in [3.8, 4) is 0 Å². The number of aryl methyl sites for hydroxylation is 1. The van der Waals surface area contributed by atoms with Gasteiger partial charge in [0.2, 0.25) is 0 Å². The summed E-state index contributed by atoms with van der Waals surface area (Å²) in [6.07, 6.45) is 9.34. The monoisotopic (exact) mass is 273 g/mol. The Hall–Kier alpha value is -1.35. The molecule has 1 aromatic heterocycles. The summed E-state index contributed by atoms with van der Waals surface area (Å²) in [5.41, 5.74) is 8.10. The van der Waals surface area contributed by atoms with Gasteiger partial charge in [-0.25, -0.2) is 4.98 Å². The summed E-state index contributed by atoms with van der Waals surface area (Å²) in [5, 5.41) is 0. The van der Waals surface area contributed by atoms with Crippen molar-refractivity contribution in [2.45, 2.75) is 65.0 Å². The van der Waals surface area contributed by atoms with Gasteiger partial charge in [-0.3, -0.25) is 0 Å². The molecule has 2 aromatic rings. The second-order valence-corrected chi connectivity index (χ2v) is 5.49. The Balaban J connectivity index is 1.86. The van der Waals surface area contributed by atoms with Crippen LogP contribution < -0.4 is 5.73 Å². The Morgan fingerprint density at radius 3 is 2.45 bits per heavy atom. The zero-order valence-corrected chi connectivity index (χ0v) is 12.6. The van der Waals surface area contributed by atoms with E-state index in [-0.39, 0.29) is 0 Å². The molecule has 0 bridgehead atoms. The Kier molecular flexibility index (Phi) is 6.06. The number of hydrogen-bond acceptors (Lipinski definition) is 2. The molecule has 0 amide bonds. The molecule has 2 rings (SSSR count). The number of nitrogens with two attached hydrogens (primary N) is 1. The average Bonchev–Trinajstić information content (AvgIpc) is 2.84. The van der Waals surface area contributed by atoms with Gasteiger partial charge in [-0.1, -0.05) is 57.6 Å². The Labute approximate surface area is 122 Å². The lowest BCUT2D eigenvalue weighted by molar-refractivity contribution is 0.546. The summed E-state index contributed by atoms with van der Waals surface area (Å²) in [6, 6.07) is 8.32. The van der Waals surface area contributed by atoms with Gasteiger partial charge in [0, 0.05) is 6.54 Å². The van der Waals surface area contributed by atoms with E-state index in [1.165, 1.54) is 50.5 Å². The topological polar surface area (TPSA) is 43.8 Å². The molecular formula is C17H27N3. The first-order chi connectivity index (χ1) is 9.86. The number of fused-ring (bicyclic) bond motifs is 1. The molecule has 1 aromatic carbocycles. The second-order valence-electron chi connectivity index (χ2n) is 5.49. The Morgan fingerprint density at radius 1 is 1.00 bits per heavy atom. The van der Waals surface area contributed by atoms with Crippen molar-refractivity contribution in [1.82, 2.24) is 9.55 Å². The predicted molar refractivity (Wildman–Crippen MR) is 85.6 cm³/mol. The summed E-state index contributed by atoms with van der Waals surface area (Å²) >= 11 is 0. The van der Waals surface area contributed by atoms with Gasteiger partial charge in [0.15, 0.2) is 0 Å². The van der Waals surface area contributed by atoms with Crippen molar-refractivity contribution in [1.29, 1.82) is 0 Å². The van der Waals surface area contributed by atoms with Gasteiger partial charge in [-0.2, -0.15) is 0 Å². The molecule has 0 saturated carbocycles. The van der Waals surface area contributed by atoms with E-state index in [0.29, 0.717) is 6.54 Å². The molecule has 2 N–H and O–H groups in total. The van der Waals surface area contributed by atoms with Crippen LogP contribution in [0.2, 0.25) is 0 Å². The van der Waals surface area contributed by atoms with E-state index >= 15 is 0 Å². The van der Waals surface area contributed by atoms with Crippen molar-refractivity contribution >= 4 is 11.0 Å². The van der Waals surface area contributed by atoms with Crippen molar-refractivity contribution in [3.05, 3.63) is 30.1 Å². The first-order valence-electron chi connectivity index (χ1n) is 8.01. The number of benzene rings is 1. The summed E-state index contributed by atoms with van der Waals surface area (Å²) in [4.78, 5) is 4.61. The van der Waals surface area contributed by atoms with Crippen LogP contribution in [0.15, 0.2) is 24.3 Å². The molecule has 110 valence electrons. The van der Waals surface area contributed by atoms with Gasteiger partial charge in [0.1, 0.15) is 5.82 Å². The maximum absolute atomic E-state index is 5.82. The highest BCUT2D eigenvalue weighted by molar-refractivity contribution is 5.75. The van der Waals surface area contributed by atoms with Crippen LogP contribution in [0.25, 0.3) is 11.0 Å². The maximum atomic E-state index is 5.82. The summed E-state index contributed by atoms with van der Waals surface area (Å²) < 4.78 is 2.29. The van der Waals surface area contributed by atoms with Crippen LogP contribution in [0, 0.1) is 0 Å². The van der Waals surface area contributed by atoms with Crippen LogP contribution in [0.1, 0.15) is 57.7 Å². The summed E-state index contributed by atoms with van der Waals surface area (Å²) in [7, 11) is 0. The SMILES string of the molecule is CCCCCCCCCn1c(CN)nc2ccccc21. The molecule has 0 radical (unpaired) electrons. The van der Waals surface area contributed by atoms with Gasteiger partial charge in [-0.05, 0) is 18.6 Å². The van der Waals surface area contributed by atoms with Gasteiger partial charge < -0.3 is 10.3 Å². The van der Waals surface area contributed by atoms with Crippen LogP contribution in [-0.4, -0.2) is 9.55 Å². The van der Waals surface area contributed by atoms with E-state index in [1.54, 1.807) is 0 Å². The van der Waals surface area contributed by atoms with Crippen LogP contribution >= 0.6 is 0 Å². The number of para-hydroxylation sites is 2. The zero-order valence-electron chi connectivity index (χ0n) is 12.6. The van der Waals surface area contributed by atoms with Gasteiger partial charge in [-0.15, -0.1) is 0 Å². The number of hydrogen-bond donors (Lipinski definition) is 1. The van der Waals surface area contributed by atoms with E-state index in [9.17, 15) is 0 Å². The van der Waals surface area contributed by atoms with Crippen LogP contribution in [0.4, 0.5) is 0 Å². The fourth-order valence-electron chi connectivity index (χ4n) is 2.76. The van der Waals surface area contributed by atoms with Crippen molar-refractivity contribution in [2.75, 3.05) is 0 Å². The molecule has 0 unspecified atom stereocenters. The van der Waals surface area contributed by atoms with Crippen molar-refractivity contribution in [2.24, 2.45) is 5.73 Å². The highest BCUT2D eigenvalue weighted by Gasteiger charge is 2.08. The minimum absolute atomic E-state index is 0.519. The standard InChI is InChI=1S/C17H27N3/c1-2-3-4-5-6-7-10-13-20-16-12-9-8-11-15(16)19-17(20)14-18/h8-9,11-12H,2-7,10,13-14,18H2,1H3. The molecule has 0 aliphatic heterocycles. The molecule has 20 heavy (non-hydrogen) atoms. The Morgan fingerprint density at radius 2 is 1.70 bits per heavy atom. The van der Waals surface area contributed by atoms with Crippen molar-refractivity contribution < 1.29 is 0 Å². The third-order valence-electron chi connectivity index (χ3n) is 3.90. The molecule has 0 atom stereocenters. The van der Waals surface area contributed by atoms with Crippen LogP contribution in [0.5, 0.6) is 0 Å². The van der Waals surface area contributed by atoms with Gasteiger partial charge in [0.05, 0.1) is 17.6 Å². The fourth-order valence-corrected chi connectivity index (χ4v) is 2.76. The highest BCUT2D eigenvalue weighted by Crippen LogP contribution is 2.17. The van der Waals surface area contributed by atoms with E-state index in [1.807, 2.05) is 6.07 Å². The third kappa shape index (κ3) is 3.83. The summed E-state index contributed by atoms with van der Waals surface area (Å²) in [5.74, 6) is 1.01. The lowest BCUT2D eigenvalue weighted by atomic mass is 10.1. The molecule has 0 fully saturated rings. The van der Waals surface area contributed by atoms with E-state index < -0.39 is 0 Å². The smallest absolute Gasteiger partial charge is 0.123 e. The molecule has 0 aliphatic carbocycles.